The molecular formula is C24H42O7. The van der Waals surface area contributed by atoms with E-state index in [9.17, 15) is 24.6 Å². The number of carbonyl (C=O) groups excluding carboxylic acids is 3. The number of aliphatic hydroxyl groups excluding tert-OH is 2. The summed E-state index contributed by atoms with van der Waals surface area (Å²) in [5.74, 6) is -2.72. The van der Waals surface area contributed by atoms with Crippen molar-refractivity contribution in [3.63, 3.8) is 0 Å². The Morgan fingerprint density at radius 1 is 0.871 bits per heavy atom. The first kappa shape index (κ1) is 27.6. The summed E-state index contributed by atoms with van der Waals surface area (Å²) in [6.45, 7) is 1.83. The van der Waals surface area contributed by atoms with Gasteiger partial charge in [-0.2, -0.15) is 0 Å². The molecule has 31 heavy (non-hydrogen) atoms. The Bertz CT molecular complexity index is 520. The summed E-state index contributed by atoms with van der Waals surface area (Å²) < 4.78 is 9.54. The molecule has 0 aromatic heterocycles. The van der Waals surface area contributed by atoms with E-state index in [4.69, 9.17) is 4.74 Å². The Kier molecular flexibility index (Phi) is 15.2. The molecule has 0 aliphatic carbocycles. The molecule has 0 aromatic carbocycles. The van der Waals surface area contributed by atoms with Crippen molar-refractivity contribution < 1.29 is 34.1 Å². The fraction of sp³-hybridized carbons (Fsp3) is 0.875. The maximum absolute atomic E-state index is 11.7. The topological polar surface area (TPSA) is 110 Å². The lowest BCUT2D eigenvalue weighted by Crippen LogP contribution is -2.40. The summed E-state index contributed by atoms with van der Waals surface area (Å²) in [5.41, 5.74) is 0. The van der Waals surface area contributed by atoms with E-state index >= 15 is 0 Å². The number of unbranched alkanes of at least 4 members (excludes halogenated alkanes) is 14. The highest BCUT2D eigenvalue weighted by Crippen LogP contribution is 2.17. The molecule has 0 spiro atoms. The van der Waals surface area contributed by atoms with Gasteiger partial charge in [0.1, 0.15) is 12.7 Å². The van der Waals surface area contributed by atoms with Gasteiger partial charge in [-0.15, -0.1) is 0 Å². The van der Waals surface area contributed by atoms with Crippen molar-refractivity contribution in [1.29, 1.82) is 0 Å². The average Bonchev–Trinajstić information content (AvgIpc) is 3.02. The van der Waals surface area contributed by atoms with Gasteiger partial charge < -0.3 is 19.7 Å². The second kappa shape index (κ2) is 17.1. The van der Waals surface area contributed by atoms with Crippen LogP contribution in [0.15, 0.2) is 0 Å². The quantitative estimate of drug-likeness (QED) is 0.177. The monoisotopic (exact) mass is 442 g/mol. The van der Waals surface area contributed by atoms with Gasteiger partial charge in [-0.05, 0) is 6.42 Å². The SMILES string of the molecule is CCCCCCCCCCCCCCCCCC(=O)OC[C@H](O)C1OC(=O)C(=O)C1O. The maximum Gasteiger partial charge on any atom is 0.378 e. The molecule has 1 heterocycles. The molecule has 3 atom stereocenters. The zero-order valence-electron chi connectivity index (χ0n) is 19.2. The number of ketones is 1. The molecule has 180 valence electrons. The Morgan fingerprint density at radius 3 is 1.74 bits per heavy atom. The zero-order chi connectivity index (χ0) is 22.9. The third kappa shape index (κ3) is 12.2. The highest BCUT2D eigenvalue weighted by molar-refractivity contribution is 6.37. The van der Waals surface area contributed by atoms with Crippen molar-refractivity contribution in [3.8, 4) is 0 Å². The van der Waals surface area contributed by atoms with E-state index < -0.39 is 42.6 Å². The van der Waals surface area contributed by atoms with Crippen LogP contribution < -0.4 is 0 Å². The van der Waals surface area contributed by atoms with Crippen LogP contribution in [-0.2, 0) is 23.9 Å². The molecule has 7 heteroatoms. The van der Waals surface area contributed by atoms with E-state index in [-0.39, 0.29) is 6.42 Å². The largest absolute Gasteiger partial charge is 0.463 e. The van der Waals surface area contributed by atoms with E-state index in [1.807, 2.05) is 0 Å². The number of aliphatic hydroxyl groups is 2. The second-order valence-electron chi connectivity index (χ2n) is 8.63. The van der Waals surface area contributed by atoms with E-state index in [1.165, 1.54) is 77.0 Å². The van der Waals surface area contributed by atoms with Crippen LogP contribution in [0.1, 0.15) is 110 Å². The van der Waals surface area contributed by atoms with Gasteiger partial charge in [0.2, 0.25) is 0 Å². The molecule has 1 aliphatic rings. The van der Waals surface area contributed by atoms with Gasteiger partial charge in [0, 0.05) is 6.42 Å². The third-order valence-corrected chi connectivity index (χ3v) is 5.80. The van der Waals surface area contributed by atoms with Crippen molar-refractivity contribution >= 4 is 17.7 Å². The van der Waals surface area contributed by atoms with Crippen LogP contribution in [0.5, 0.6) is 0 Å². The van der Waals surface area contributed by atoms with Crippen LogP contribution in [0.2, 0.25) is 0 Å². The summed E-state index contributed by atoms with van der Waals surface area (Å²) in [6, 6.07) is 0. The molecule has 1 saturated heterocycles. The van der Waals surface area contributed by atoms with Gasteiger partial charge in [0.25, 0.3) is 5.78 Å². The van der Waals surface area contributed by atoms with Gasteiger partial charge in [-0.25, -0.2) is 4.79 Å². The minimum atomic E-state index is -1.71. The van der Waals surface area contributed by atoms with Crippen LogP contribution in [-0.4, -0.2) is 52.9 Å². The molecule has 1 fully saturated rings. The van der Waals surface area contributed by atoms with Crippen LogP contribution in [0.25, 0.3) is 0 Å². The number of hydrogen-bond donors (Lipinski definition) is 2. The highest BCUT2D eigenvalue weighted by atomic mass is 16.6. The minimum absolute atomic E-state index is 0.261. The smallest absolute Gasteiger partial charge is 0.378 e. The fourth-order valence-corrected chi connectivity index (χ4v) is 3.79. The lowest BCUT2D eigenvalue weighted by Gasteiger charge is -2.18. The summed E-state index contributed by atoms with van der Waals surface area (Å²) in [4.78, 5) is 34.0. The van der Waals surface area contributed by atoms with Crippen molar-refractivity contribution in [1.82, 2.24) is 0 Å². The van der Waals surface area contributed by atoms with Gasteiger partial charge >= 0.3 is 11.9 Å². The van der Waals surface area contributed by atoms with Crippen molar-refractivity contribution in [3.05, 3.63) is 0 Å². The normalized spacial score (nSPS) is 19.5. The van der Waals surface area contributed by atoms with E-state index in [0.29, 0.717) is 0 Å². The number of esters is 2. The molecule has 0 aromatic rings. The molecule has 0 bridgehead atoms. The Balaban J connectivity index is 1.87. The number of carbonyl (C=O) groups is 3. The Hall–Kier alpha value is -1.47. The second-order valence-corrected chi connectivity index (χ2v) is 8.63. The van der Waals surface area contributed by atoms with Gasteiger partial charge in [-0.1, -0.05) is 96.8 Å². The lowest BCUT2D eigenvalue weighted by molar-refractivity contribution is -0.156. The average molecular weight is 443 g/mol. The van der Waals surface area contributed by atoms with Crippen LogP contribution in [0, 0.1) is 0 Å². The molecular weight excluding hydrogens is 400 g/mol. The standard InChI is InChI=1S/C24H42O7/c1-2-3-4-5-6-7-8-9-10-11-12-13-14-15-16-17-20(26)30-18-19(25)23-21(27)22(28)24(29)31-23/h19,21,23,25,27H,2-18H2,1H3/t19-,21?,23?/m0/s1. The highest BCUT2D eigenvalue weighted by Gasteiger charge is 2.46. The van der Waals surface area contributed by atoms with E-state index in [2.05, 4.69) is 11.7 Å². The molecule has 1 rings (SSSR count). The zero-order valence-corrected chi connectivity index (χ0v) is 19.2. The predicted octanol–water partition coefficient (Wildman–Crippen LogP) is 4.01. The molecule has 2 N–H and O–H groups in total. The summed E-state index contributed by atoms with van der Waals surface area (Å²) >= 11 is 0. The van der Waals surface area contributed by atoms with Crippen LogP contribution in [0.3, 0.4) is 0 Å². The summed E-state index contributed by atoms with van der Waals surface area (Å²) in [7, 11) is 0. The number of Topliss-reactive ketones (excluding diaryl/α,β-unsaturated/α-hetero) is 1. The molecule has 0 amide bonds. The predicted molar refractivity (Wildman–Crippen MR) is 117 cm³/mol. The minimum Gasteiger partial charge on any atom is -0.463 e. The molecule has 0 radical (unpaired) electrons. The van der Waals surface area contributed by atoms with E-state index in [0.717, 1.165) is 19.3 Å². The number of ether oxygens (including phenoxy) is 2. The van der Waals surface area contributed by atoms with Crippen LogP contribution >= 0.6 is 0 Å². The van der Waals surface area contributed by atoms with Crippen molar-refractivity contribution in [2.75, 3.05) is 6.61 Å². The Morgan fingerprint density at radius 2 is 1.32 bits per heavy atom. The molecule has 2 unspecified atom stereocenters. The summed E-state index contributed by atoms with van der Waals surface area (Å²) in [6.07, 6.45) is 14.5. The first-order valence-corrected chi connectivity index (χ1v) is 12.2. The lowest BCUT2D eigenvalue weighted by atomic mass is 10.0. The molecule has 0 saturated carbocycles. The Labute approximate surface area is 186 Å². The fourth-order valence-electron chi connectivity index (χ4n) is 3.79. The van der Waals surface area contributed by atoms with E-state index in [1.54, 1.807) is 0 Å². The maximum atomic E-state index is 11.7. The van der Waals surface area contributed by atoms with Crippen molar-refractivity contribution in [2.24, 2.45) is 0 Å². The summed E-state index contributed by atoms with van der Waals surface area (Å²) in [5, 5.41) is 19.4. The molecule has 1 aliphatic heterocycles. The third-order valence-electron chi connectivity index (χ3n) is 5.80. The first-order valence-electron chi connectivity index (χ1n) is 12.2. The molecule has 7 nitrogen and oxygen atoms in total. The van der Waals surface area contributed by atoms with Crippen LogP contribution in [0.4, 0.5) is 0 Å². The first-order chi connectivity index (χ1) is 15.0. The number of rotatable bonds is 19. The van der Waals surface area contributed by atoms with Gasteiger partial charge in [0.05, 0.1) is 0 Å². The van der Waals surface area contributed by atoms with Gasteiger partial charge in [0.15, 0.2) is 12.2 Å². The number of hydrogen-bond acceptors (Lipinski definition) is 7. The number of cyclic esters (lactones) is 1. The van der Waals surface area contributed by atoms with Gasteiger partial charge in [-0.3, -0.25) is 9.59 Å². The van der Waals surface area contributed by atoms with Crippen molar-refractivity contribution in [2.45, 2.75) is 128 Å².